The van der Waals surface area contributed by atoms with Gasteiger partial charge in [0.1, 0.15) is 5.60 Å². The quantitative estimate of drug-likeness (QED) is 0.458. The number of nitrogens with zero attached hydrogens (tertiary/aromatic N) is 1. The molecule has 1 atom stereocenters. The minimum absolute atomic E-state index is 0.0903. The molecule has 2 fully saturated rings. The van der Waals surface area contributed by atoms with Gasteiger partial charge in [-0.3, -0.25) is 0 Å². The Morgan fingerprint density at radius 1 is 1.40 bits per heavy atom. The summed E-state index contributed by atoms with van der Waals surface area (Å²) in [6.07, 6.45) is 1.65. The zero-order valence-corrected chi connectivity index (χ0v) is 5.67. The number of hydrogen-bond donors (Lipinski definition) is 0. The van der Waals surface area contributed by atoms with Crippen molar-refractivity contribution in [1.29, 1.82) is 5.26 Å². The first-order valence-corrected chi connectivity index (χ1v) is 3.53. The fraction of sp³-hybridized carbons (Fsp3) is 0.857. The smallest absolute Gasteiger partial charge is 0.173 e. The summed E-state index contributed by atoms with van der Waals surface area (Å²) in [6.45, 7) is 1.50. The molecule has 0 aromatic heterocycles. The van der Waals surface area contributed by atoms with Crippen molar-refractivity contribution in [3.63, 3.8) is 0 Å². The zero-order chi connectivity index (χ0) is 7.03. The molecule has 3 nitrogen and oxygen atoms in total. The predicted octanol–water partition coefficient (Wildman–Crippen LogP) is 0.458. The van der Waals surface area contributed by atoms with Crippen molar-refractivity contribution in [2.24, 2.45) is 0 Å². The van der Waals surface area contributed by atoms with E-state index in [1.54, 1.807) is 0 Å². The van der Waals surface area contributed by atoms with Crippen LogP contribution in [0.1, 0.15) is 12.8 Å². The van der Waals surface area contributed by atoms with Crippen molar-refractivity contribution in [2.45, 2.75) is 24.5 Å². The second-order valence-electron chi connectivity index (χ2n) is 2.80. The summed E-state index contributed by atoms with van der Waals surface area (Å²) >= 11 is 0. The lowest BCUT2D eigenvalue weighted by Gasteiger charge is -2.17. The van der Waals surface area contributed by atoms with E-state index in [2.05, 4.69) is 6.07 Å². The molecule has 0 aromatic rings. The van der Waals surface area contributed by atoms with E-state index in [9.17, 15) is 0 Å². The Morgan fingerprint density at radius 3 is 2.60 bits per heavy atom. The van der Waals surface area contributed by atoms with Crippen LogP contribution >= 0.6 is 0 Å². The van der Waals surface area contributed by atoms with Gasteiger partial charge in [-0.05, 0) is 0 Å². The second-order valence-corrected chi connectivity index (χ2v) is 2.80. The van der Waals surface area contributed by atoms with Crippen LogP contribution in [0, 0.1) is 11.3 Å². The first-order chi connectivity index (χ1) is 4.87. The summed E-state index contributed by atoms with van der Waals surface area (Å²) in [6, 6.07) is 2.12. The molecule has 0 aromatic carbocycles. The SMILES string of the molecule is N#CC1OC12CCOCC2. The number of hydrogen-bond acceptors (Lipinski definition) is 3. The van der Waals surface area contributed by atoms with E-state index in [1.807, 2.05) is 0 Å². The second kappa shape index (κ2) is 1.94. The molecule has 2 saturated heterocycles. The largest absolute Gasteiger partial charge is 0.381 e. The zero-order valence-electron chi connectivity index (χ0n) is 5.67. The van der Waals surface area contributed by atoms with Crippen molar-refractivity contribution in [2.75, 3.05) is 13.2 Å². The summed E-state index contributed by atoms with van der Waals surface area (Å²) in [5, 5.41) is 8.51. The van der Waals surface area contributed by atoms with Crippen molar-refractivity contribution in [3.8, 4) is 6.07 Å². The average molecular weight is 139 g/mol. The number of ether oxygens (including phenoxy) is 2. The highest BCUT2D eigenvalue weighted by Crippen LogP contribution is 2.44. The van der Waals surface area contributed by atoms with Crippen molar-refractivity contribution in [1.82, 2.24) is 0 Å². The molecule has 0 saturated carbocycles. The van der Waals surface area contributed by atoms with E-state index in [-0.39, 0.29) is 11.7 Å². The van der Waals surface area contributed by atoms with Gasteiger partial charge in [0, 0.05) is 26.1 Å². The van der Waals surface area contributed by atoms with Crippen LogP contribution in [0.25, 0.3) is 0 Å². The van der Waals surface area contributed by atoms with E-state index in [0.717, 1.165) is 26.1 Å². The van der Waals surface area contributed by atoms with Gasteiger partial charge in [0.15, 0.2) is 6.10 Å². The molecule has 1 spiro atoms. The number of nitriles is 1. The fourth-order valence-corrected chi connectivity index (χ4v) is 1.44. The third kappa shape index (κ3) is 0.731. The summed E-state index contributed by atoms with van der Waals surface area (Å²) in [5.41, 5.74) is -0.0903. The highest BCUT2D eigenvalue weighted by molar-refractivity contribution is 5.14. The molecule has 0 radical (unpaired) electrons. The Labute approximate surface area is 59.5 Å². The van der Waals surface area contributed by atoms with Gasteiger partial charge in [-0.15, -0.1) is 0 Å². The molecule has 1 unspecified atom stereocenters. The van der Waals surface area contributed by atoms with Gasteiger partial charge in [0.2, 0.25) is 0 Å². The molecule has 54 valence electrons. The van der Waals surface area contributed by atoms with Crippen LogP contribution in [0.5, 0.6) is 0 Å². The maximum Gasteiger partial charge on any atom is 0.173 e. The Kier molecular flexibility index (Phi) is 1.19. The summed E-state index contributed by atoms with van der Waals surface area (Å²) < 4.78 is 10.4. The molecule has 10 heavy (non-hydrogen) atoms. The van der Waals surface area contributed by atoms with Gasteiger partial charge in [-0.1, -0.05) is 0 Å². The third-order valence-corrected chi connectivity index (χ3v) is 2.23. The maximum atomic E-state index is 8.51. The molecule has 0 N–H and O–H groups in total. The molecule has 0 aliphatic carbocycles. The van der Waals surface area contributed by atoms with E-state index < -0.39 is 0 Å². The molecule has 0 amide bonds. The van der Waals surface area contributed by atoms with Crippen LogP contribution in [0.15, 0.2) is 0 Å². The van der Waals surface area contributed by atoms with Crippen molar-refractivity contribution >= 4 is 0 Å². The molecular weight excluding hydrogens is 130 g/mol. The average Bonchev–Trinajstić information content (AvgIpc) is 2.65. The standard InChI is InChI=1S/C7H9NO2/c8-5-6-7(10-6)1-3-9-4-2-7/h6H,1-4H2. The van der Waals surface area contributed by atoms with E-state index in [0.29, 0.717) is 0 Å². The van der Waals surface area contributed by atoms with Gasteiger partial charge in [0.05, 0.1) is 6.07 Å². The molecule has 0 bridgehead atoms. The van der Waals surface area contributed by atoms with E-state index in [1.165, 1.54) is 0 Å². The fourth-order valence-electron chi connectivity index (χ4n) is 1.44. The molecule has 2 rings (SSSR count). The van der Waals surface area contributed by atoms with Crippen LogP contribution in [0.3, 0.4) is 0 Å². The Bertz CT molecular complexity index is 179. The maximum absolute atomic E-state index is 8.51. The first kappa shape index (κ1) is 6.14. The topological polar surface area (TPSA) is 45.5 Å². The minimum atomic E-state index is -0.142. The molecular formula is C7H9NO2. The van der Waals surface area contributed by atoms with E-state index >= 15 is 0 Å². The molecule has 2 heterocycles. The summed E-state index contributed by atoms with van der Waals surface area (Å²) in [4.78, 5) is 0. The van der Waals surface area contributed by atoms with Crippen molar-refractivity contribution < 1.29 is 9.47 Å². The summed E-state index contributed by atoms with van der Waals surface area (Å²) in [5.74, 6) is 0. The Morgan fingerprint density at radius 2 is 2.10 bits per heavy atom. The van der Waals surface area contributed by atoms with Crippen LogP contribution < -0.4 is 0 Å². The molecule has 2 aliphatic rings. The lowest BCUT2D eigenvalue weighted by atomic mass is 9.97. The van der Waals surface area contributed by atoms with Crippen LogP contribution in [-0.2, 0) is 9.47 Å². The lowest BCUT2D eigenvalue weighted by molar-refractivity contribution is 0.0494. The van der Waals surface area contributed by atoms with Gasteiger partial charge >= 0.3 is 0 Å². The van der Waals surface area contributed by atoms with Crippen LogP contribution in [0.4, 0.5) is 0 Å². The minimum Gasteiger partial charge on any atom is -0.381 e. The molecule has 3 heteroatoms. The van der Waals surface area contributed by atoms with E-state index in [4.69, 9.17) is 14.7 Å². The van der Waals surface area contributed by atoms with Crippen LogP contribution in [-0.4, -0.2) is 24.9 Å². The highest BCUT2D eigenvalue weighted by atomic mass is 16.6. The van der Waals surface area contributed by atoms with Gasteiger partial charge in [-0.25, -0.2) is 0 Å². The third-order valence-electron chi connectivity index (χ3n) is 2.23. The Hall–Kier alpha value is -0.590. The first-order valence-electron chi connectivity index (χ1n) is 3.53. The summed E-state index contributed by atoms with van der Waals surface area (Å²) in [7, 11) is 0. The van der Waals surface area contributed by atoms with Crippen molar-refractivity contribution in [3.05, 3.63) is 0 Å². The lowest BCUT2D eigenvalue weighted by Crippen LogP contribution is -2.25. The normalized spacial score (nSPS) is 35.3. The molecule has 2 aliphatic heterocycles. The highest BCUT2D eigenvalue weighted by Gasteiger charge is 2.57. The van der Waals surface area contributed by atoms with Gasteiger partial charge in [-0.2, -0.15) is 5.26 Å². The van der Waals surface area contributed by atoms with Gasteiger partial charge < -0.3 is 9.47 Å². The predicted molar refractivity (Wildman–Crippen MR) is 33.3 cm³/mol. The number of epoxide rings is 1. The van der Waals surface area contributed by atoms with Crippen LogP contribution in [0.2, 0.25) is 0 Å². The van der Waals surface area contributed by atoms with Gasteiger partial charge in [0.25, 0.3) is 0 Å². The Balaban J connectivity index is 1.99. The monoisotopic (exact) mass is 139 g/mol. The number of rotatable bonds is 0.